The Morgan fingerprint density at radius 3 is 2.54 bits per heavy atom. The molecule has 1 N–H and O–H groups in total. The Kier molecular flexibility index (Phi) is 6.27. The lowest BCUT2D eigenvalue weighted by Crippen LogP contribution is -2.40. The Labute approximate surface area is 145 Å². The van der Waals surface area contributed by atoms with Crippen LogP contribution >= 0.6 is 0 Å². The molecule has 1 aromatic carbocycles. The molecule has 5 nitrogen and oxygen atoms in total. The fourth-order valence-electron chi connectivity index (χ4n) is 3.63. The fraction of sp³-hybridized carbons (Fsp3) is 0.667. The number of ether oxygens (including phenoxy) is 1. The van der Waals surface area contributed by atoms with Gasteiger partial charge in [0, 0.05) is 19.2 Å². The maximum Gasteiger partial charge on any atom is 0.214 e. The van der Waals surface area contributed by atoms with E-state index >= 15 is 0 Å². The van der Waals surface area contributed by atoms with Gasteiger partial charge in [0.05, 0.1) is 11.9 Å². The number of likely N-dealkylation sites (tertiary alicyclic amines) is 1. The second-order valence-corrected chi connectivity index (χ2v) is 8.64. The minimum absolute atomic E-state index is 0.0779. The molecule has 24 heavy (non-hydrogen) atoms. The van der Waals surface area contributed by atoms with Gasteiger partial charge in [-0.3, -0.25) is 4.90 Å². The molecule has 6 heteroatoms. The van der Waals surface area contributed by atoms with Crippen molar-refractivity contribution in [1.29, 1.82) is 0 Å². The second kappa shape index (κ2) is 8.43. The molecule has 0 amide bonds. The number of hydrogen-bond donors (Lipinski definition) is 1. The van der Waals surface area contributed by atoms with Crippen LogP contribution in [-0.2, 0) is 14.8 Å². The molecule has 0 bridgehead atoms. The van der Waals surface area contributed by atoms with E-state index in [1.807, 2.05) is 18.2 Å². The normalized spacial score (nSPS) is 24.1. The summed E-state index contributed by atoms with van der Waals surface area (Å²) in [5.41, 5.74) is 1.18. The number of hydrogen-bond acceptors (Lipinski definition) is 4. The van der Waals surface area contributed by atoms with E-state index in [-0.39, 0.29) is 17.9 Å². The van der Waals surface area contributed by atoms with Crippen LogP contribution in [0.4, 0.5) is 0 Å². The molecule has 3 rings (SSSR count). The standard InChI is InChI=1S/C18H28N2O3S/c21-24(22,15-17-10-4-7-13-23-17)19-14-18(20-11-5-6-12-20)16-8-2-1-3-9-16/h1-3,8-9,17-19H,4-7,10-15H2. The molecule has 0 aromatic heterocycles. The Morgan fingerprint density at radius 1 is 1.12 bits per heavy atom. The first-order chi connectivity index (χ1) is 11.6. The summed E-state index contributed by atoms with van der Waals surface area (Å²) in [7, 11) is -3.32. The first-order valence-corrected chi connectivity index (χ1v) is 10.7. The smallest absolute Gasteiger partial charge is 0.214 e. The molecule has 134 valence electrons. The largest absolute Gasteiger partial charge is 0.377 e. The van der Waals surface area contributed by atoms with Crippen LogP contribution in [0.5, 0.6) is 0 Å². The van der Waals surface area contributed by atoms with E-state index in [4.69, 9.17) is 4.74 Å². The maximum absolute atomic E-state index is 12.4. The van der Waals surface area contributed by atoms with E-state index in [1.54, 1.807) is 0 Å². The molecule has 2 fully saturated rings. The van der Waals surface area contributed by atoms with Gasteiger partial charge >= 0.3 is 0 Å². The Morgan fingerprint density at radius 2 is 1.88 bits per heavy atom. The van der Waals surface area contributed by atoms with Crippen molar-refractivity contribution in [2.45, 2.75) is 44.2 Å². The highest BCUT2D eigenvalue weighted by atomic mass is 32.2. The van der Waals surface area contributed by atoms with Gasteiger partial charge in [-0.05, 0) is 50.8 Å². The van der Waals surface area contributed by atoms with Gasteiger partial charge in [0.2, 0.25) is 10.0 Å². The van der Waals surface area contributed by atoms with Crippen LogP contribution in [0.25, 0.3) is 0 Å². The number of nitrogens with zero attached hydrogens (tertiary/aromatic N) is 1. The number of benzene rings is 1. The van der Waals surface area contributed by atoms with Gasteiger partial charge < -0.3 is 4.74 Å². The van der Waals surface area contributed by atoms with E-state index in [0.29, 0.717) is 13.2 Å². The molecule has 0 saturated carbocycles. The van der Waals surface area contributed by atoms with Crippen molar-refractivity contribution in [3.8, 4) is 0 Å². The van der Waals surface area contributed by atoms with Gasteiger partial charge in [0.25, 0.3) is 0 Å². The summed E-state index contributed by atoms with van der Waals surface area (Å²) in [6, 6.07) is 10.3. The summed E-state index contributed by atoms with van der Waals surface area (Å²) in [5.74, 6) is 0.0779. The molecule has 2 atom stereocenters. The molecule has 2 unspecified atom stereocenters. The third kappa shape index (κ3) is 5.02. The molecule has 2 heterocycles. The molecular formula is C18H28N2O3S. The van der Waals surface area contributed by atoms with Gasteiger partial charge in [-0.1, -0.05) is 30.3 Å². The Bertz CT molecular complexity index is 594. The molecule has 0 spiro atoms. The quantitative estimate of drug-likeness (QED) is 0.818. The van der Waals surface area contributed by atoms with Crippen LogP contribution in [-0.4, -0.2) is 51.4 Å². The minimum atomic E-state index is -3.32. The molecule has 0 radical (unpaired) electrons. The van der Waals surface area contributed by atoms with Gasteiger partial charge in [0.1, 0.15) is 0 Å². The van der Waals surface area contributed by atoms with Crippen LogP contribution in [0.2, 0.25) is 0 Å². The van der Waals surface area contributed by atoms with Crippen LogP contribution in [0.1, 0.15) is 43.7 Å². The monoisotopic (exact) mass is 352 g/mol. The van der Waals surface area contributed by atoms with Crippen molar-refractivity contribution in [3.05, 3.63) is 35.9 Å². The van der Waals surface area contributed by atoms with Crippen molar-refractivity contribution in [2.24, 2.45) is 0 Å². The molecule has 2 saturated heterocycles. The van der Waals surface area contributed by atoms with Crippen LogP contribution < -0.4 is 4.72 Å². The topological polar surface area (TPSA) is 58.6 Å². The predicted octanol–water partition coefficient (Wildman–Crippen LogP) is 2.31. The van der Waals surface area contributed by atoms with E-state index in [2.05, 4.69) is 21.8 Å². The fourth-order valence-corrected chi connectivity index (χ4v) is 4.92. The van der Waals surface area contributed by atoms with Crippen molar-refractivity contribution in [3.63, 3.8) is 0 Å². The van der Waals surface area contributed by atoms with Gasteiger partial charge in [-0.25, -0.2) is 13.1 Å². The zero-order valence-corrected chi connectivity index (χ0v) is 15.0. The van der Waals surface area contributed by atoms with E-state index in [9.17, 15) is 8.42 Å². The average molecular weight is 353 g/mol. The summed E-state index contributed by atoms with van der Waals surface area (Å²) >= 11 is 0. The molecule has 2 aliphatic rings. The molecule has 0 aliphatic carbocycles. The zero-order valence-electron chi connectivity index (χ0n) is 14.2. The third-order valence-electron chi connectivity index (χ3n) is 4.94. The summed E-state index contributed by atoms with van der Waals surface area (Å²) in [5, 5.41) is 0. The van der Waals surface area contributed by atoms with Gasteiger partial charge in [-0.2, -0.15) is 0 Å². The zero-order chi connectivity index (χ0) is 16.8. The predicted molar refractivity (Wildman–Crippen MR) is 95.4 cm³/mol. The number of nitrogens with one attached hydrogen (secondary N) is 1. The summed E-state index contributed by atoms with van der Waals surface area (Å²) in [6.07, 6.45) is 5.15. The highest BCUT2D eigenvalue weighted by Crippen LogP contribution is 2.24. The van der Waals surface area contributed by atoms with E-state index in [0.717, 1.165) is 32.4 Å². The van der Waals surface area contributed by atoms with Crippen molar-refractivity contribution in [1.82, 2.24) is 9.62 Å². The Balaban J connectivity index is 1.62. The lowest BCUT2D eigenvalue weighted by molar-refractivity contribution is 0.0303. The average Bonchev–Trinajstić information content (AvgIpc) is 3.11. The maximum atomic E-state index is 12.4. The Hall–Kier alpha value is -0.950. The van der Waals surface area contributed by atoms with Gasteiger partial charge in [0.15, 0.2) is 0 Å². The lowest BCUT2D eigenvalue weighted by Gasteiger charge is -2.29. The van der Waals surface area contributed by atoms with Crippen molar-refractivity contribution in [2.75, 3.05) is 32.0 Å². The van der Waals surface area contributed by atoms with Crippen molar-refractivity contribution >= 4 is 10.0 Å². The molecule has 1 aromatic rings. The van der Waals surface area contributed by atoms with Gasteiger partial charge in [-0.15, -0.1) is 0 Å². The van der Waals surface area contributed by atoms with Crippen LogP contribution in [0.3, 0.4) is 0 Å². The highest BCUT2D eigenvalue weighted by molar-refractivity contribution is 7.89. The van der Waals surface area contributed by atoms with Crippen LogP contribution in [0.15, 0.2) is 30.3 Å². The molecular weight excluding hydrogens is 324 g/mol. The first kappa shape index (κ1) is 17.9. The summed E-state index contributed by atoms with van der Waals surface area (Å²) in [6.45, 7) is 3.18. The van der Waals surface area contributed by atoms with Crippen LogP contribution in [0, 0.1) is 0 Å². The number of rotatable bonds is 7. The highest BCUT2D eigenvalue weighted by Gasteiger charge is 2.27. The van der Waals surface area contributed by atoms with E-state index in [1.165, 1.54) is 18.4 Å². The number of sulfonamides is 1. The SMILES string of the molecule is O=S(=O)(CC1CCCCO1)NCC(c1ccccc1)N1CCCC1. The summed E-state index contributed by atoms with van der Waals surface area (Å²) < 4.78 is 33.3. The first-order valence-electron chi connectivity index (χ1n) is 9.02. The van der Waals surface area contributed by atoms with E-state index < -0.39 is 10.0 Å². The third-order valence-corrected chi connectivity index (χ3v) is 6.36. The minimum Gasteiger partial charge on any atom is -0.377 e. The summed E-state index contributed by atoms with van der Waals surface area (Å²) in [4.78, 5) is 2.38. The molecule has 2 aliphatic heterocycles. The van der Waals surface area contributed by atoms with Crippen molar-refractivity contribution < 1.29 is 13.2 Å². The second-order valence-electron chi connectivity index (χ2n) is 6.79. The lowest BCUT2D eigenvalue weighted by atomic mass is 10.1.